The molecule has 0 amide bonds. The number of methoxy groups -OCH3 is 1. The molecule has 3 heterocycles. The van der Waals surface area contributed by atoms with Crippen LogP contribution in [0, 0.1) is 0 Å². The van der Waals surface area contributed by atoms with Gasteiger partial charge in [0, 0.05) is 13.5 Å². The van der Waals surface area contributed by atoms with Gasteiger partial charge in [-0.3, -0.25) is 14.4 Å². The third-order valence-electron chi connectivity index (χ3n) is 7.52. The minimum atomic E-state index is -1.16. The summed E-state index contributed by atoms with van der Waals surface area (Å²) in [6, 6.07) is 0. The third-order valence-corrected chi connectivity index (χ3v) is 7.52. The molecule has 0 aromatic heterocycles. The highest BCUT2D eigenvalue weighted by atomic mass is 16.7. The van der Waals surface area contributed by atoms with Crippen molar-refractivity contribution in [2.24, 2.45) is 0 Å². The molecule has 3 fully saturated rings. The zero-order valence-corrected chi connectivity index (χ0v) is 26.7. The first-order valence-corrected chi connectivity index (χ1v) is 15.2. The Morgan fingerprint density at radius 3 is 1.47 bits per heavy atom. The first kappa shape index (κ1) is 35.6. The molecule has 13 heteroatoms. The summed E-state index contributed by atoms with van der Waals surface area (Å²) in [5.41, 5.74) is 0. The van der Waals surface area contributed by atoms with Crippen LogP contribution in [-0.2, 0) is 61.8 Å². The largest absolute Gasteiger partial charge is 0.465 e. The molecule has 3 aliphatic rings. The summed E-state index contributed by atoms with van der Waals surface area (Å²) in [5, 5.41) is 0. The van der Waals surface area contributed by atoms with E-state index in [4.69, 9.17) is 47.4 Å². The maximum absolute atomic E-state index is 13.1. The van der Waals surface area contributed by atoms with E-state index in [1.807, 2.05) is 20.8 Å². The Kier molecular flexibility index (Phi) is 13.2. The van der Waals surface area contributed by atoms with E-state index in [2.05, 4.69) is 0 Å². The van der Waals surface area contributed by atoms with Crippen LogP contribution in [0.15, 0.2) is 0 Å². The van der Waals surface area contributed by atoms with Gasteiger partial charge in [0.15, 0.2) is 23.5 Å². The molecule has 0 bridgehead atoms. The van der Waals surface area contributed by atoms with Crippen molar-refractivity contribution >= 4 is 17.9 Å². The van der Waals surface area contributed by atoms with Crippen LogP contribution in [0.4, 0.5) is 0 Å². The normalized spacial score (nSPS) is 34.5. The number of carbonyl (C=O) groups is 3. The van der Waals surface area contributed by atoms with Crippen LogP contribution >= 0.6 is 0 Å². The highest BCUT2D eigenvalue weighted by Gasteiger charge is 2.40. The molecule has 3 aliphatic heterocycles. The van der Waals surface area contributed by atoms with Crippen molar-refractivity contribution in [3.8, 4) is 0 Å². The van der Waals surface area contributed by atoms with Gasteiger partial charge in [-0.05, 0) is 60.8 Å². The standard InChI is InChI=1S/C30H50O13/c1-20-8-13-36-28(4,41-20)16-25(31)35-12-11-23(39-26(32)17-29(5)37-14-9-21(2)42-29)24(19-34-7)40-27(33)18-30(6)38-15-10-22(3)43-30/h20-24H,8-19H2,1-7H3/t20?,21?,22?,23-,24-,28?,29?,30?/m1/s1. The Morgan fingerprint density at radius 2 is 1.07 bits per heavy atom. The fraction of sp³-hybridized carbons (Fsp3) is 0.900. The van der Waals surface area contributed by atoms with E-state index in [-0.39, 0.29) is 57.2 Å². The number of esters is 3. The molecule has 3 saturated heterocycles. The first-order valence-electron chi connectivity index (χ1n) is 15.2. The second-order valence-electron chi connectivity index (χ2n) is 12.1. The molecule has 248 valence electrons. The quantitative estimate of drug-likeness (QED) is 0.208. The maximum atomic E-state index is 13.1. The summed E-state index contributed by atoms with van der Waals surface area (Å²) in [5.74, 6) is -5.18. The Morgan fingerprint density at radius 1 is 0.674 bits per heavy atom. The number of ether oxygens (including phenoxy) is 10. The van der Waals surface area contributed by atoms with Crippen molar-refractivity contribution in [3.05, 3.63) is 0 Å². The highest BCUT2D eigenvalue weighted by Crippen LogP contribution is 2.29. The third kappa shape index (κ3) is 11.9. The summed E-state index contributed by atoms with van der Waals surface area (Å²) < 4.78 is 56.9. The van der Waals surface area contributed by atoms with Crippen LogP contribution < -0.4 is 0 Å². The number of hydrogen-bond acceptors (Lipinski definition) is 13. The SMILES string of the molecule is COC[C@@H](OC(=O)CC1(C)OCCC(C)O1)[C@@H](CCOC(=O)CC1(C)OCCC(C)O1)OC(=O)CC1(C)OCCC(C)O1. The van der Waals surface area contributed by atoms with E-state index in [0.717, 1.165) is 12.8 Å². The lowest BCUT2D eigenvalue weighted by atomic mass is 10.1. The van der Waals surface area contributed by atoms with Crippen molar-refractivity contribution in [2.75, 3.05) is 40.1 Å². The van der Waals surface area contributed by atoms with Crippen molar-refractivity contribution in [3.63, 3.8) is 0 Å². The summed E-state index contributed by atoms with van der Waals surface area (Å²) >= 11 is 0. The summed E-state index contributed by atoms with van der Waals surface area (Å²) in [6.07, 6.45) is -0.500. The summed E-state index contributed by atoms with van der Waals surface area (Å²) in [6.45, 7) is 12.0. The molecule has 6 unspecified atom stereocenters. The van der Waals surface area contributed by atoms with Crippen molar-refractivity contribution in [1.82, 2.24) is 0 Å². The molecule has 0 saturated carbocycles. The van der Waals surface area contributed by atoms with Gasteiger partial charge in [-0.25, -0.2) is 0 Å². The lowest BCUT2D eigenvalue weighted by molar-refractivity contribution is -0.285. The molecule has 8 atom stereocenters. The molecule has 3 rings (SSSR count). The van der Waals surface area contributed by atoms with Gasteiger partial charge in [-0.15, -0.1) is 0 Å². The maximum Gasteiger partial charge on any atom is 0.311 e. The lowest BCUT2D eigenvalue weighted by Crippen LogP contribution is -2.46. The van der Waals surface area contributed by atoms with Crippen LogP contribution in [0.2, 0.25) is 0 Å². The van der Waals surface area contributed by atoms with Crippen LogP contribution in [-0.4, -0.2) is 106 Å². The number of carbonyl (C=O) groups excluding carboxylic acids is 3. The van der Waals surface area contributed by atoms with Gasteiger partial charge in [-0.2, -0.15) is 0 Å². The lowest BCUT2D eigenvalue weighted by Gasteiger charge is -2.38. The van der Waals surface area contributed by atoms with Gasteiger partial charge in [0.25, 0.3) is 0 Å². The van der Waals surface area contributed by atoms with Crippen LogP contribution in [0.5, 0.6) is 0 Å². The van der Waals surface area contributed by atoms with Gasteiger partial charge < -0.3 is 47.4 Å². The Balaban J connectivity index is 1.65. The summed E-state index contributed by atoms with van der Waals surface area (Å²) in [4.78, 5) is 38.8. The van der Waals surface area contributed by atoms with Crippen molar-refractivity contribution in [2.45, 2.75) is 134 Å². The van der Waals surface area contributed by atoms with E-state index < -0.39 is 47.5 Å². The molecule has 0 radical (unpaired) electrons. The molecule has 0 spiro atoms. The van der Waals surface area contributed by atoms with Gasteiger partial charge in [-0.1, -0.05) is 0 Å². The average Bonchev–Trinajstić information content (AvgIpc) is 2.86. The van der Waals surface area contributed by atoms with E-state index in [1.165, 1.54) is 7.11 Å². The molecular formula is C30H50O13. The predicted octanol–water partition coefficient (Wildman–Crippen LogP) is 3.18. The zero-order chi connectivity index (χ0) is 31.7. The Labute approximate surface area is 254 Å². The van der Waals surface area contributed by atoms with Gasteiger partial charge in [0.05, 0.1) is 70.6 Å². The number of hydrogen-bond donors (Lipinski definition) is 0. The van der Waals surface area contributed by atoms with Crippen LogP contribution in [0.1, 0.15) is 86.5 Å². The van der Waals surface area contributed by atoms with E-state index >= 15 is 0 Å². The second-order valence-corrected chi connectivity index (χ2v) is 12.1. The Bertz CT molecular complexity index is 930. The van der Waals surface area contributed by atoms with Gasteiger partial charge >= 0.3 is 17.9 Å². The monoisotopic (exact) mass is 618 g/mol. The fourth-order valence-corrected chi connectivity index (χ4v) is 5.41. The summed E-state index contributed by atoms with van der Waals surface area (Å²) in [7, 11) is 1.44. The fourth-order valence-electron chi connectivity index (χ4n) is 5.41. The van der Waals surface area contributed by atoms with Crippen LogP contribution in [0.3, 0.4) is 0 Å². The average molecular weight is 619 g/mol. The minimum Gasteiger partial charge on any atom is -0.465 e. The Hall–Kier alpha value is -1.87. The van der Waals surface area contributed by atoms with Gasteiger partial charge in [0.2, 0.25) is 0 Å². The van der Waals surface area contributed by atoms with Gasteiger partial charge in [0.1, 0.15) is 6.10 Å². The van der Waals surface area contributed by atoms with Crippen molar-refractivity contribution in [1.29, 1.82) is 0 Å². The topological polar surface area (TPSA) is 144 Å². The van der Waals surface area contributed by atoms with Crippen LogP contribution in [0.25, 0.3) is 0 Å². The van der Waals surface area contributed by atoms with E-state index in [0.29, 0.717) is 26.2 Å². The molecule has 0 aromatic rings. The molecule has 0 aliphatic carbocycles. The molecular weight excluding hydrogens is 568 g/mol. The number of rotatable bonds is 14. The smallest absolute Gasteiger partial charge is 0.311 e. The van der Waals surface area contributed by atoms with Crippen molar-refractivity contribution < 1.29 is 61.8 Å². The molecule has 43 heavy (non-hydrogen) atoms. The first-order chi connectivity index (χ1) is 20.2. The zero-order valence-electron chi connectivity index (χ0n) is 26.7. The predicted molar refractivity (Wildman–Crippen MR) is 150 cm³/mol. The molecule has 0 N–H and O–H groups in total. The van der Waals surface area contributed by atoms with E-state index in [9.17, 15) is 14.4 Å². The minimum absolute atomic E-state index is 0.0315. The highest BCUT2D eigenvalue weighted by molar-refractivity contribution is 5.72. The molecule has 0 aromatic carbocycles. The second kappa shape index (κ2) is 15.9. The molecule has 13 nitrogen and oxygen atoms in total. The van der Waals surface area contributed by atoms with E-state index in [1.54, 1.807) is 20.8 Å².